The van der Waals surface area contributed by atoms with Gasteiger partial charge in [-0.05, 0) is 66.8 Å². The zero-order valence-corrected chi connectivity index (χ0v) is 30.8. The summed E-state index contributed by atoms with van der Waals surface area (Å²) < 4.78 is 6.85. The Bertz CT molecular complexity index is 3130. The molecule has 0 unspecified atom stereocenters. The van der Waals surface area contributed by atoms with Crippen LogP contribution in [0.1, 0.15) is 0 Å². The van der Waals surface area contributed by atoms with Gasteiger partial charge in [-0.1, -0.05) is 159 Å². The molecule has 4 nitrogen and oxygen atoms in total. The van der Waals surface area contributed by atoms with Gasteiger partial charge in [0.25, 0.3) is 0 Å². The smallest absolute Gasteiger partial charge is 0.164 e. The van der Waals surface area contributed by atoms with E-state index in [1.165, 1.54) is 37.8 Å². The normalized spacial score (nSPS) is 13.1. The highest BCUT2D eigenvalue weighted by Crippen LogP contribution is 2.44. The first-order valence-corrected chi connectivity index (χ1v) is 21.4. The second-order valence-corrected chi connectivity index (χ2v) is 19.1. The third-order valence-corrected chi connectivity index (χ3v) is 14.9. The van der Waals surface area contributed by atoms with E-state index in [2.05, 4.69) is 165 Å². The lowest BCUT2D eigenvalue weighted by atomic mass is 9.96. The van der Waals surface area contributed by atoms with Gasteiger partial charge in [-0.25, -0.2) is 15.0 Å². The third-order valence-electron chi connectivity index (χ3n) is 11.3. The number of furan rings is 1. The molecule has 0 atom stereocenters. The summed E-state index contributed by atoms with van der Waals surface area (Å²) in [6, 6.07) is 58.0. The Morgan fingerprint density at radius 2 is 1.02 bits per heavy atom. The second kappa shape index (κ2) is 11.7. The third kappa shape index (κ3) is 4.58. The number of rotatable bonds is 4. The summed E-state index contributed by atoms with van der Waals surface area (Å²) >= 11 is 0. The van der Waals surface area contributed by atoms with Gasteiger partial charge in [0.05, 0.1) is 0 Å². The number of hydrogen-bond acceptors (Lipinski definition) is 4. The maximum absolute atomic E-state index is 6.85. The van der Waals surface area contributed by atoms with Gasteiger partial charge >= 0.3 is 0 Å². The molecular formula is C49H33N3OSi. The fraction of sp³-hybridized carbons (Fsp3) is 0.0408. The average molecular weight is 708 g/mol. The molecule has 54 heavy (non-hydrogen) atoms. The van der Waals surface area contributed by atoms with Crippen LogP contribution in [0.15, 0.2) is 168 Å². The molecule has 8 aromatic carbocycles. The minimum atomic E-state index is -2.10. The Morgan fingerprint density at radius 1 is 0.426 bits per heavy atom. The van der Waals surface area contributed by atoms with E-state index in [0.29, 0.717) is 17.5 Å². The van der Waals surface area contributed by atoms with Crippen LogP contribution in [0.25, 0.3) is 99.9 Å². The van der Waals surface area contributed by atoms with Crippen molar-refractivity contribution in [1.29, 1.82) is 0 Å². The van der Waals surface area contributed by atoms with Crippen molar-refractivity contribution in [2.24, 2.45) is 0 Å². The van der Waals surface area contributed by atoms with Crippen molar-refractivity contribution in [3.8, 4) is 56.4 Å². The SMILES string of the molecule is C[Si]1(C)c2ccccc2-c2c1cc(-c1nc(-c3ccc(-c4ccccc4)cc3)nc(-c3cc4ccccc4c4ccccc34)n1)c1c2oc2ccccc21. The van der Waals surface area contributed by atoms with Gasteiger partial charge in [0.2, 0.25) is 0 Å². The largest absolute Gasteiger partial charge is 0.455 e. The molecule has 0 spiro atoms. The first-order valence-electron chi connectivity index (χ1n) is 18.4. The molecule has 0 bridgehead atoms. The average Bonchev–Trinajstić information content (AvgIpc) is 3.73. The van der Waals surface area contributed by atoms with Crippen LogP contribution in [-0.4, -0.2) is 23.0 Å². The lowest BCUT2D eigenvalue weighted by Crippen LogP contribution is -2.49. The molecule has 0 aliphatic carbocycles. The number of benzene rings is 8. The molecule has 0 saturated carbocycles. The molecule has 11 rings (SSSR count). The lowest BCUT2D eigenvalue weighted by Gasteiger charge is -2.19. The van der Waals surface area contributed by atoms with Crippen LogP contribution in [0, 0.1) is 0 Å². The summed E-state index contributed by atoms with van der Waals surface area (Å²) in [5.41, 5.74) is 9.45. The molecular weight excluding hydrogens is 675 g/mol. The molecule has 1 aliphatic heterocycles. The summed E-state index contributed by atoms with van der Waals surface area (Å²) in [7, 11) is -2.10. The van der Waals surface area contributed by atoms with Crippen LogP contribution in [-0.2, 0) is 0 Å². The van der Waals surface area contributed by atoms with Gasteiger partial charge in [0.15, 0.2) is 17.5 Å². The first-order chi connectivity index (χ1) is 26.5. The Labute approximate surface area is 313 Å². The zero-order chi connectivity index (χ0) is 36.0. The predicted molar refractivity (Wildman–Crippen MR) is 226 cm³/mol. The van der Waals surface area contributed by atoms with E-state index >= 15 is 0 Å². The monoisotopic (exact) mass is 707 g/mol. The molecule has 0 N–H and O–H groups in total. The summed E-state index contributed by atoms with van der Waals surface area (Å²) in [5.74, 6) is 1.91. The van der Waals surface area contributed by atoms with E-state index in [4.69, 9.17) is 19.4 Å². The summed E-state index contributed by atoms with van der Waals surface area (Å²) in [4.78, 5) is 16.1. The van der Waals surface area contributed by atoms with Crippen LogP contribution >= 0.6 is 0 Å². The van der Waals surface area contributed by atoms with Crippen LogP contribution in [0.3, 0.4) is 0 Å². The van der Waals surface area contributed by atoms with Crippen molar-refractivity contribution in [2.45, 2.75) is 13.1 Å². The van der Waals surface area contributed by atoms with Gasteiger partial charge in [-0.2, -0.15) is 0 Å². The molecule has 10 aromatic rings. The first kappa shape index (κ1) is 30.9. The second-order valence-electron chi connectivity index (χ2n) is 14.8. The summed E-state index contributed by atoms with van der Waals surface area (Å²) in [5, 5.41) is 9.50. The van der Waals surface area contributed by atoms with E-state index < -0.39 is 8.07 Å². The van der Waals surface area contributed by atoms with E-state index in [1.54, 1.807) is 0 Å². The van der Waals surface area contributed by atoms with E-state index in [1.807, 2.05) is 12.1 Å². The van der Waals surface area contributed by atoms with Gasteiger partial charge in [0, 0.05) is 33.0 Å². The molecule has 3 heterocycles. The highest BCUT2D eigenvalue weighted by Gasteiger charge is 2.40. The quantitative estimate of drug-likeness (QED) is 0.135. The van der Waals surface area contributed by atoms with Crippen molar-refractivity contribution < 1.29 is 4.42 Å². The molecule has 0 radical (unpaired) electrons. The molecule has 2 aromatic heterocycles. The number of hydrogen-bond donors (Lipinski definition) is 0. The van der Waals surface area contributed by atoms with Crippen LogP contribution in [0.5, 0.6) is 0 Å². The van der Waals surface area contributed by atoms with Crippen molar-refractivity contribution in [1.82, 2.24) is 15.0 Å². The lowest BCUT2D eigenvalue weighted by molar-refractivity contribution is 0.670. The van der Waals surface area contributed by atoms with Gasteiger partial charge in [0.1, 0.15) is 19.2 Å². The molecule has 254 valence electrons. The maximum Gasteiger partial charge on any atom is 0.164 e. The summed E-state index contributed by atoms with van der Waals surface area (Å²) in [6.45, 7) is 4.88. The highest BCUT2D eigenvalue weighted by molar-refractivity contribution is 7.04. The van der Waals surface area contributed by atoms with E-state index in [9.17, 15) is 0 Å². The zero-order valence-electron chi connectivity index (χ0n) is 29.8. The Balaban J connectivity index is 1.22. The Kier molecular flexibility index (Phi) is 6.67. The standard InChI is InChI=1S/C49H33N3OSi/c1-54(2)42-23-13-11-21-38(42)45-43(54)29-40(44-37-20-10-12-22-41(37)53-46(44)45)49-51-47(32-26-24-31(25-27-32)30-14-4-3-5-15-30)50-48(52-49)39-28-33-16-6-7-17-34(33)35-18-8-9-19-36(35)39/h3-29H,1-2H3. The van der Waals surface area contributed by atoms with E-state index in [-0.39, 0.29) is 0 Å². The minimum Gasteiger partial charge on any atom is -0.455 e. The number of nitrogens with zero attached hydrogens (tertiary/aromatic N) is 3. The van der Waals surface area contributed by atoms with Crippen LogP contribution in [0.4, 0.5) is 0 Å². The number of para-hydroxylation sites is 1. The number of aromatic nitrogens is 3. The fourth-order valence-electron chi connectivity index (χ4n) is 8.66. The van der Waals surface area contributed by atoms with Gasteiger partial charge in [-0.3, -0.25) is 0 Å². The molecule has 5 heteroatoms. The van der Waals surface area contributed by atoms with Gasteiger partial charge in [-0.15, -0.1) is 0 Å². The van der Waals surface area contributed by atoms with E-state index in [0.717, 1.165) is 55.0 Å². The highest BCUT2D eigenvalue weighted by atomic mass is 28.3. The van der Waals surface area contributed by atoms with Crippen molar-refractivity contribution in [3.63, 3.8) is 0 Å². The molecule has 0 amide bonds. The Morgan fingerprint density at radius 3 is 1.83 bits per heavy atom. The maximum atomic E-state index is 6.85. The van der Waals surface area contributed by atoms with Crippen LogP contribution in [0.2, 0.25) is 13.1 Å². The van der Waals surface area contributed by atoms with Crippen molar-refractivity contribution in [2.75, 3.05) is 0 Å². The summed E-state index contributed by atoms with van der Waals surface area (Å²) in [6.07, 6.45) is 0. The van der Waals surface area contributed by atoms with Crippen molar-refractivity contribution in [3.05, 3.63) is 164 Å². The Hall–Kier alpha value is -6.69. The van der Waals surface area contributed by atoms with Crippen LogP contribution < -0.4 is 10.4 Å². The molecule has 1 aliphatic rings. The fourth-order valence-corrected chi connectivity index (χ4v) is 11.7. The topological polar surface area (TPSA) is 51.8 Å². The van der Waals surface area contributed by atoms with Crippen molar-refractivity contribution >= 4 is 61.9 Å². The molecule has 0 saturated heterocycles. The number of fused-ring (bicyclic) bond motifs is 10. The predicted octanol–water partition coefficient (Wildman–Crippen LogP) is 11.5. The minimum absolute atomic E-state index is 0.632. The molecule has 0 fully saturated rings. The van der Waals surface area contributed by atoms with Gasteiger partial charge < -0.3 is 4.42 Å².